The van der Waals surface area contributed by atoms with Crippen molar-refractivity contribution in [2.24, 2.45) is 136 Å². The molecule has 4 nitrogen and oxygen atoms in total. The molecular weight excluding hydrogens is 1570 g/mol. The van der Waals surface area contributed by atoms with Crippen molar-refractivity contribution < 1.29 is 19.8 Å². The van der Waals surface area contributed by atoms with Crippen molar-refractivity contribution >= 4 is 17.4 Å². The third kappa shape index (κ3) is 24.0. The van der Waals surface area contributed by atoms with Crippen LogP contribution in [0.25, 0.3) is 0 Å². The smallest absolute Gasteiger partial charge is 0.0797 e. The van der Waals surface area contributed by atoms with Crippen LogP contribution < -0.4 is 0 Å². The molecule has 3 N–H and O–H groups in total. The van der Waals surface area contributed by atoms with E-state index in [0.29, 0.717) is 85.3 Å². The van der Waals surface area contributed by atoms with Crippen molar-refractivity contribution in [1.82, 2.24) is 0 Å². The minimum absolute atomic E-state index is 0.309. The molecule has 13 rings (SSSR count). The Balaban J connectivity index is 0.000000187. The summed E-state index contributed by atoms with van der Waals surface area (Å²) in [5, 5.41) is 30.9. The van der Waals surface area contributed by atoms with Crippen LogP contribution >= 0.6 is 17.4 Å². The molecule has 13 aliphatic carbocycles. The van der Waals surface area contributed by atoms with Crippen molar-refractivity contribution in [3.8, 4) is 0 Å². The van der Waals surface area contributed by atoms with E-state index >= 15 is 0 Å². The number of hydrogen-bond donors (Lipinski definition) is 3. The summed E-state index contributed by atoms with van der Waals surface area (Å²) < 4.78 is 5.47. The molecule has 0 radical (unpaired) electrons. The van der Waals surface area contributed by atoms with Gasteiger partial charge in [0.15, 0.2) is 0 Å². The number of aliphatic hydroxyl groups is 3. The number of hydrogen-bond acceptors (Lipinski definition) is 4. The standard InChI is InChI=1S/C20H36OP2.3C20H34O.2C20H32/c1-15(11-14-21-23-22)9-12-19(4)17(3)10-13-20(5)16(2)7-6-8-18(19)20;1-7-19(5,21)14-11-16-15(2)9-10-17-18(3,4)12-8-13-20(16,17)6;2*1-7-18(4,21)13-14-20(6)16(3)11-12-19(5)15(2)9-8-10-17(19)20;1-14(2)15-7-9-17-16(13-15)8-10-18-19(3,4)11-6-12-20(17,18)5;1-7-15(2)9-11-17-16(3)10-12-18-19(4,5)13-8-14-20(17,18)6/h7,11,17-18,23H,6,8-10,12-14,22H2,1-5H3;7,16-17,21H,1-2,8-14H2,3-6H3;7,9,16-17,21H,1,8,10-14H2,2-6H3;7,16-17,21H,1-2,8-14H2,3-6H3;7,14,18H,6,8-13H2,1-5H3;7,9,17-18H,1,3,8,10-14H2,2,4-6H3/b15-11+;;;;;15-9+/t17-,18?,19+,20+;16-,17?,19?,20+;2*16-,17?,18?,19+,20+;18?,20-;17-,18?,20+/m101110/s1. The molecule has 716 valence electrons. The molecule has 126 heavy (non-hydrogen) atoms. The quantitative estimate of drug-likeness (QED) is 0.0437. The Morgan fingerprint density at radius 3 is 1.39 bits per heavy atom. The Hall–Kier alpha value is -2.68. The van der Waals surface area contributed by atoms with Crippen LogP contribution in [0, 0.1) is 136 Å². The molecule has 0 aromatic rings. The maximum atomic E-state index is 10.3. The summed E-state index contributed by atoms with van der Waals surface area (Å²) in [5.41, 5.74) is 18.7. The fourth-order valence-electron chi connectivity index (χ4n) is 31.2. The van der Waals surface area contributed by atoms with Crippen LogP contribution in [0.15, 0.2) is 156 Å². The van der Waals surface area contributed by atoms with E-state index in [0.717, 1.165) is 111 Å². The van der Waals surface area contributed by atoms with Crippen LogP contribution in [0.2, 0.25) is 0 Å². The predicted octanol–water partition coefficient (Wildman–Crippen LogP) is 36.0. The molecule has 25 atom stereocenters. The van der Waals surface area contributed by atoms with Crippen molar-refractivity contribution in [1.29, 1.82) is 0 Å². The average Bonchev–Trinajstić information content (AvgIpc) is 0.408. The van der Waals surface area contributed by atoms with Gasteiger partial charge < -0.3 is 19.8 Å². The first kappa shape index (κ1) is 109. The molecule has 9 fully saturated rings. The summed E-state index contributed by atoms with van der Waals surface area (Å²) in [4.78, 5) is 0. The summed E-state index contributed by atoms with van der Waals surface area (Å²) >= 11 is 0. The van der Waals surface area contributed by atoms with Gasteiger partial charge in [0.2, 0.25) is 0 Å². The summed E-state index contributed by atoms with van der Waals surface area (Å²) in [7, 11) is 3.16. The van der Waals surface area contributed by atoms with Gasteiger partial charge >= 0.3 is 0 Å². The summed E-state index contributed by atoms with van der Waals surface area (Å²) in [6, 6.07) is 0. The number of rotatable bonds is 22. The Morgan fingerprint density at radius 2 is 0.921 bits per heavy atom. The summed E-state index contributed by atoms with van der Waals surface area (Å²) in [6.45, 7) is 93.7. The van der Waals surface area contributed by atoms with E-state index in [4.69, 9.17) is 4.52 Å². The second-order valence-corrected chi connectivity index (χ2v) is 52.0. The molecule has 0 bridgehead atoms. The van der Waals surface area contributed by atoms with E-state index in [1.807, 2.05) is 38.0 Å². The molecule has 0 aliphatic heterocycles. The van der Waals surface area contributed by atoms with Crippen molar-refractivity contribution in [3.05, 3.63) is 156 Å². The Bertz CT molecular complexity index is 3880. The molecule has 11 unspecified atom stereocenters. The zero-order valence-corrected chi connectivity index (χ0v) is 89.8. The Kier molecular flexibility index (Phi) is 37.2. The highest BCUT2D eigenvalue weighted by atomic mass is 32.0. The monoisotopic (exact) mass is 1770 g/mol. The number of fused-ring (bicyclic) bond motifs is 7. The molecule has 0 amide bonds. The molecule has 0 aromatic heterocycles. The van der Waals surface area contributed by atoms with Crippen LogP contribution in [0.5, 0.6) is 0 Å². The minimum Gasteiger partial charge on any atom is -0.386 e. The third-order valence-electron chi connectivity index (χ3n) is 41.5. The Morgan fingerprint density at radius 1 is 0.492 bits per heavy atom. The van der Waals surface area contributed by atoms with Gasteiger partial charge in [0.1, 0.15) is 0 Å². The highest BCUT2D eigenvalue weighted by molar-refractivity contribution is 8.00. The van der Waals surface area contributed by atoms with Gasteiger partial charge in [0.05, 0.1) is 23.4 Å². The number of allylic oxidation sites excluding steroid dienone is 15. The van der Waals surface area contributed by atoms with Gasteiger partial charge in [-0.2, -0.15) is 0 Å². The van der Waals surface area contributed by atoms with Crippen molar-refractivity contribution in [2.75, 3.05) is 6.61 Å². The van der Waals surface area contributed by atoms with Gasteiger partial charge in [-0.1, -0.05) is 303 Å². The molecule has 0 saturated heterocycles. The Labute approximate surface area is 785 Å². The lowest BCUT2D eigenvalue weighted by Gasteiger charge is -2.59. The van der Waals surface area contributed by atoms with Gasteiger partial charge in [-0.3, -0.25) is 0 Å². The van der Waals surface area contributed by atoms with Gasteiger partial charge in [-0.25, -0.2) is 0 Å². The van der Waals surface area contributed by atoms with Crippen LogP contribution in [0.3, 0.4) is 0 Å². The lowest BCUT2D eigenvalue weighted by molar-refractivity contribution is -0.0649. The first-order valence-electron chi connectivity index (χ1n) is 52.3. The van der Waals surface area contributed by atoms with E-state index < -0.39 is 16.8 Å². The highest BCUT2D eigenvalue weighted by Gasteiger charge is 2.59. The van der Waals surface area contributed by atoms with Gasteiger partial charge in [-0.05, 0) is 416 Å². The normalized spacial score (nSPS) is 39.5. The first-order chi connectivity index (χ1) is 58.4. The van der Waals surface area contributed by atoms with Gasteiger partial charge in [-0.15, -0.1) is 19.7 Å². The van der Waals surface area contributed by atoms with Crippen molar-refractivity contribution in [3.63, 3.8) is 0 Å². The molecular formula is C120H202O4P2. The van der Waals surface area contributed by atoms with E-state index in [1.165, 1.54) is 233 Å². The second kappa shape index (κ2) is 43.1. The van der Waals surface area contributed by atoms with Crippen LogP contribution in [0.1, 0.15) is 437 Å². The largest absolute Gasteiger partial charge is 0.386 e. The molecule has 0 heterocycles. The fraction of sp³-hybridized carbons (Fsp3) is 0.783. The lowest BCUT2D eigenvalue weighted by Crippen LogP contribution is -2.50. The lowest BCUT2D eigenvalue weighted by atomic mass is 9.46. The topological polar surface area (TPSA) is 69.9 Å². The first-order valence-corrected chi connectivity index (χ1v) is 55.0. The average molecular weight is 1770 g/mol. The van der Waals surface area contributed by atoms with E-state index in [9.17, 15) is 15.3 Å². The van der Waals surface area contributed by atoms with Gasteiger partial charge in [0.25, 0.3) is 0 Å². The molecule has 0 spiro atoms. The third-order valence-corrected chi connectivity index (χ3v) is 42.3. The predicted molar refractivity (Wildman–Crippen MR) is 559 cm³/mol. The second-order valence-electron chi connectivity index (χ2n) is 50.8. The van der Waals surface area contributed by atoms with Crippen LogP contribution in [-0.4, -0.2) is 38.7 Å². The summed E-state index contributed by atoms with van der Waals surface area (Å²) in [6.07, 6.45) is 68.5. The zero-order chi connectivity index (χ0) is 94.3. The molecule has 13 aliphatic rings. The van der Waals surface area contributed by atoms with E-state index in [1.54, 1.807) is 34.9 Å². The molecule has 6 heteroatoms. The molecule has 9 saturated carbocycles. The summed E-state index contributed by atoms with van der Waals surface area (Å²) in [5.74, 6) is 9.14. The molecule has 0 aromatic carbocycles. The van der Waals surface area contributed by atoms with Crippen molar-refractivity contribution in [2.45, 2.75) is 454 Å². The highest BCUT2D eigenvalue weighted by Crippen LogP contribution is 2.69. The zero-order valence-electron chi connectivity index (χ0n) is 87.7. The maximum Gasteiger partial charge on any atom is 0.0797 e. The minimum atomic E-state index is -0.742. The maximum absolute atomic E-state index is 10.3. The van der Waals surface area contributed by atoms with Gasteiger partial charge in [0, 0.05) is 8.50 Å². The van der Waals surface area contributed by atoms with E-state index in [-0.39, 0.29) is 0 Å². The SMILES string of the molecule is C=C/C(C)=C/C[C@H]1C(=C)CCC2C(C)(C)CCC[C@@]21C.C=CC(C)(O)CC[C@H]1C(=C)CCC2C(C)(C)CCC[C@@]21C.C=CC(C)(O)CC[C@]1(C)C2CCC=C(C)[C@]2(C)CC[C@H]1C.C=CC(C)(O)CC[C@]1(C)C2CCCC(=C)[C@]2(C)CC[C@H]1C.CC(C)C1=CCC2=C(CCC3C(C)(C)CCC[C@]23C)C1.CC1=CCCC2[C@@]1(C)CC[C@@H](C)[C@]2(C)CC/C(C)=C/COPP. The van der Waals surface area contributed by atoms with Crippen LogP contribution in [0.4, 0.5) is 0 Å². The van der Waals surface area contributed by atoms with Crippen LogP contribution in [-0.2, 0) is 4.52 Å². The van der Waals surface area contributed by atoms with E-state index in [2.05, 4.69) is 252 Å². The fourth-order valence-corrected chi connectivity index (χ4v) is 31.6.